The number of rotatable bonds is 5. The molecule has 0 aliphatic rings. The van der Waals surface area contributed by atoms with Crippen molar-refractivity contribution in [2.45, 2.75) is 25.0 Å². The van der Waals surface area contributed by atoms with Gasteiger partial charge in [0.25, 0.3) is 0 Å². The summed E-state index contributed by atoms with van der Waals surface area (Å²) in [6.45, 7) is 1.55. The van der Waals surface area contributed by atoms with Crippen LogP contribution in [0.3, 0.4) is 0 Å². The summed E-state index contributed by atoms with van der Waals surface area (Å²) in [7, 11) is -3.73. The van der Waals surface area contributed by atoms with Crippen LogP contribution in [0.2, 0.25) is 0 Å². The van der Waals surface area contributed by atoms with Crippen molar-refractivity contribution in [3.63, 3.8) is 0 Å². The van der Waals surface area contributed by atoms with E-state index in [0.29, 0.717) is 0 Å². The molecule has 1 aromatic carbocycles. The summed E-state index contributed by atoms with van der Waals surface area (Å²) in [5, 5.41) is 12.8. The number of benzene rings is 1. The summed E-state index contributed by atoms with van der Waals surface area (Å²) >= 11 is 1.50. The van der Waals surface area contributed by atoms with E-state index in [4.69, 9.17) is 5.11 Å². The Morgan fingerprint density at radius 1 is 1.30 bits per heavy atom. The first-order valence-corrected chi connectivity index (χ1v) is 8.27. The molecule has 0 unspecified atom stereocenters. The van der Waals surface area contributed by atoms with E-state index in [2.05, 4.69) is 4.72 Å². The van der Waals surface area contributed by atoms with Gasteiger partial charge in [-0.2, -0.15) is 11.3 Å². The molecule has 2 N–H and O–H groups in total. The van der Waals surface area contributed by atoms with Gasteiger partial charge < -0.3 is 5.11 Å². The third-order valence-corrected chi connectivity index (χ3v) is 5.22. The van der Waals surface area contributed by atoms with Gasteiger partial charge in [-0.25, -0.2) is 17.5 Å². The van der Waals surface area contributed by atoms with Crippen LogP contribution in [-0.2, 0) is 23.2 Å². The molecule has 0 amide bonds. The quantitative estimate of drug-likeness (QED) is 0.888. The minimum absolute atomic E-state index is 0.0420. The fourth-order valence-electron chi connectivity index (χ4n) is 1.66. The van der Waals surface area contributed by atoms with Gasteiger partial charge in [-0.15, -0.1) is 0 Å². The fourth-order valence-corrected chi connectivity index (χ4v) is 3.58. The molecule has 0 bridgehead atoms. The predicted molar refractivity (Wildman–Crippen MR) is 75.4 cm³/mol. The van der Waals surface area contributed by atoms with Gasteiger partial charge in [0.05, 0.1) is 11.5 Å². The number of halogens is 1. The van der Waals surface area contributed by atoms with Gasteiger partial charge in [0, 0.05) is 12.1 Å². The Morgan fingerprint density at radius 2 is 2.05 bits per heavy atom. The zero-order chi connectivity index (χ0) is 14.8. The second-order valence-corrected chi connectivity index (χ2v) is 6.83. The van der Waals surface area contributed by atoms with Crippen LogP contribution in [0.1, 0.15) is 16.7 Å². The van der Waals surface area contributed by atoms with Gasteiger partial charge in [-0.05, 0) is 47.0 Å². The lowest BCUT2D eigenvalue weighted by molar-refractivity contribution is 0.275. The van der Waals surface area contributed by atoms with E-state index in [1.54, 1.807) is 0 Å². The topological polar surface area (TPSA) is 66.4 Å². The molecule has 7 heteroatoms. The summed E-state index contributed by atoms with van der Waals surface area (Å²) < 4.78 is 39.9. The predicted octanol–water partition coefficient (Wildman–Crippen LogP) is 2.17. The summed E-state index contributed by atoms with van der Waals surface area (Å²) in [6.07, 6.45) is 0. The van der Waals surface area contributed by atoms with Crippen molar-refractivity contribution in [2.75, 3.05) is 0 Å². The van der Waals surface area contributed by atoms with Gasteiger partial charge in [0.2, 0.25) is 10.0 Å². The number of aryl methyl sites for hydroxylation is 1. The molecule has 20 heavy (non-hydrogen) atoms. The number of aliphatic hydroxyl groups is 1. The average molecular weight is 315 g/mol. The largest absolute Gasteiger partial charge is 0.392 e. The molecule has 0 atom stereocenters. The SMILES string of the molecule is Cc1cscc1CNS(=O)(=O)c1ccc(F)c(CO)c1. The van der Waals surface area contributed by atoms with Gasteiger partial charge in [0.1, 0.15) is 5.82 Å². The van der Waals surface area contributed by atoms with Crippen LogP contribution in [0.5, 0.6) is 0 Å². The van der Waals surface area contributed by atoms with Crippen LogP contribution < -0.4 is 4.72 Å². The normalized spacial score (nSPS) is 11.8. The summed E-state index contributed by atoms with van der Waals surface area (Å²) in [6, 6.07) is 3.35. The highest BCUT2D eigenvalue weighted by molar-refractivity contribution is 7.89. The zero-order valence-corrected chi connectivity index (χ0v) is 12.4. The van der Waals surface area contributed by atoms with Crippen LogP contribution in [0.25, 0.3) is 0 Å². The molecule has 0 aliphatic carbocycles. The number of sulfonamides is 1. The van der Waals surface area contributed by atoms with Crippen molar-refractivity contribution in [1.29, 1.82) is 0 Å². The van der Waals surface area contributed by atoms with Crippen LogP contribution in [0.4, 0.5) is 4.39 Å². The van der Waals surface area contributed by atoms with E-state index < -0.39 is 22.4 Å². The second kappa shape index (κ2) is 6.01. The van der Waals surface area contributed by atoms with Crippen molar-refractivity contribution in [2.24, 2.45) is 0 Å². The van der Waals surface area contributed by atoms with Crippen molar-refractivity contribution in [1.82, 2.24) is 4.72 Å². The first-order chi connectivity index (χ1) is 9.44. The fraction of sp³-hybridized carbons (Fsp3) is 0.231. The number of thiophene rings is 1. The summed E-state index contributed by atoms with van der Waals surface area (Å²) in [4.78, 5) is -0.0594. The molecule has 0 fully saturated rings. The Kier molecular flexibility index (Phi) is 4.54. The van der Waals surface area contributed by atoms with E-state index in [1.165, 1.54) is 17.4 Å². The zero-order valence-electron chi connectivity index (χ0n) is 10.8. The van der Waals surface area contributed by atoms with E-state index >= 15 is 0 Å². The van der Waals surface area contributed by atoms with Crippen molar-refractivity contribution in [3.05, 3.63) is 51.5 Å². The van der Waals surface area contributed by atoms with Crippen molar-refractivity contribution < 1.29 is 17.9 Å². The Labute approximate surface area is 120 Å². The lowest BCUT2D eigenvalue weighted by Gasteiger charge is -2.08. The molecule has 1 aromatic heterocycles. The van der Waals surface area contributed by atoms with E-state index in [9.17, 15) is 12.8 Å². The van der Waals surface area contributed by atoms with Gasteiger partial charge in [-0.1, -0.05) is 0 Å². The Hall–Kier alpha value is -1.28. The van der Waals surface area contributed by atoms with Gasteiger partial charge in [0.15, 0.2) is 0 Å². The third-order valence-electron chi connectivity index (χ3n) is 2.91. The Bertz CT molecular complexity index is 710. The van der Waals surface area contributed by atoms with Gasteiger partial charge >= 0.3 is 0 Å². The van der Waals surface area contributed by atoms with Crippen molar-refractivity contribution >= 4 is 21.4 Å². The highest BCUT2D eigenvalue weighted by Crippen LogP contribution is 2.17. The molecular weight excluding hydrogens is 301 g/mol. The molecule has 0 aliphatic heterocycles. The molecule has 108 valence electrons. The average Bonchev–Trinajstić information content (AvgIpc) is 2.82. The Balaban J connectivity index is 2.20. The summed E-state index contributed by atoms with van der Waals surface area (Å²) in [5.74, 6) is -0.625. The first-order valence-electron chi connectivity index (χ1n) is 5.84. The number of aliphatic hydroxyl groups excluding tert-OH is 1. The number of hydrogen-bond donors (Lipinski definition) is 2. The maximum Gasteiger partial charge on any atom is 0.240 e. The molecule has 0 radical (unpaired) electrons. The molecule has 0 saturated heterocycles. The Morgan fingerprint density at radius 3 is 2.65 bits per heavy atom. The lowest BCUT2D eigenvalue weighted by Crippen LogP contribution is -2.23. The molecule has 2 rings (SSSR count). The van der Waals surface area contributed by atoms with Crippen LogP contribution in [0.15, 0.2) is 33.9 Å². The number of nitrogens with one attached hydrogen (secondary N) is 1. The maximum atomic E-state index is 13.2. The van der Waals surface area contributed by atoms with E-state index in [1.807, 2.05) is 17.7 Å². The summed E-state index contributed by atoms with van der Waals surface area (Å²) in [5.41, 5.74) is 1.88. The molecule has 2 aromatic rings. The van der Waals surface area contributed by atoms with E-state index in [0.717, 1.165) is 23.3 Å². The molecular formula is C13H14FNO3S2. The van der Waals surface area contributed by atoms with Crippen LogP contribution in [-0.4, -0.2) is 13.5 Å². The first kappa shape index (κ1) is 15.1. The van der Waals surface area contributed by atoms with Crippen LogP contribution >= 0.6 is 11.3 Å². The minimum atomic E-state index is -3.73. The second-order valence-electron chi connectivity index (χ2n) is 4.32. The maximum absolute atomic E-state index is 13.2. The smallest absolute Gasteiger partial charge is 0.240 e. The highest BCUT2D eigenvalue weighted by atomic mass is 32.2. The molecule has 4 nitrogen and oxygen atoms in total. The molecule has 1 heterocycles. The highest BCUT2D eigenvalue weighted by Gasteiger charge is 2.16. The van der Waals surface area contributed by atoms with Crippen molar-refractivity contribution in [3.8, 4) is 0 Å². The minimum Gasteiger partial charge on any atom is -0.392 e. The lowest BCUT2D eigenvalue weighted by atomic mass is 10.2. The molecule has 0 spiro atoms. The van der Waals surface area contributed by atoms with Crippen LogP contribution in [0, 0.1) is 12.7 Å². The number of hydrogen-bond acceptors (Lipinski definition) is 4. The molecule has 0 saturated carbocycles. The standard InChI is InChI=1S/C13H14FNO3S2/c1-9-7-19-8-11(9)5-15-20(17,18)12-2-3-13(14)10(4-12)6-16/h2-4,7-8,15-16H,5-6H2,1H3. The van der Waals surface area contributed by atoms with E-state index in [-0.39, 0.29) is 17.0 Å². The monoisotopic (exact) mass is 315 g/mol. The third kappa shape index (κ3) is 3.24. The van der Waals surface area contributed by atoms with Gasteiger partial charge in [-0.3, -0.25) is 0 Å².